The number of imidazole rings is 1. The molecule has 0 unspecified atom stereocenters. The van der Waals surface area contributed by atoms with E-state index in [-0.39, 0.29) is 12.4 Å². The minimum atomic E-state index is -0.386. The third-order valence-electron chi connectivity index (χ3n) is 4.45. The van der Waals surface area contributed by atoms with E-state index < -0.39 is 0 Å². The van der Waals surface area contributed by atoms with E-state index in [0.717, 1.165) is 16.8 Å². The average molecular weight is 374 g/mol. The summed E-state index contributed by atoms with van der Waals surface area (Å²) in [7, 11) is 1.90. The first-order valence-corrected chi connectivity index (χ1v) is 8.69. The van der Waals surface area contributed by atoms with Crippen LogP contribution in [-0.2, 0) is 13.7 Å². The standard InChI is InChI=1S/C20H15FN6O/c1-26-10-14(22-12-26)11-28-20-16(13-5-4-6-13)9-18-23-24-19(27(18)25-20)15-7-2-3-8-17(15)21/h2-10,12H,11H2,1H3. The number of rotatable bonds is 5. The molecule has 4 aromatic rings. The van der Waals surface area contributed by atoms with Crippen LogP contribution < -0.4 is 4.74 Å². The van der Waals surface area contributed by atoms with E-state index in [0.29, 0.717) is 22.9 Å². The average Bonchev–Trinajstić information content (AvgIpc) is 3.24. The third kappa shape index (κ3) is 2.75. The monoisotopic (exact) mass is 374 g/mol. The maximum absolute atomic E-state index is 14.3. The SMILES string of the molecule is Cn1cnc(COc2nn3c(-c4ccccc4F)nnc3cc2C2=CC=C2)c1. The molecule has 8 heteroatoms. The fraction of sp³-hybridized carbons (Fsp3) is 0.100. The molecule has 0 spiro atoms. The van der Waals surface area contributed by atoms with Crippen LogP contribution in [-0.4, -0.2) is 29.4 Å². The van der Waals surface area contributed by atoms with E-state index in [1.807, 2.05) is 42.1 Å². The number of aromatic nitrogens is 6. The summed E-state index contributed by atoms with van der Waals surface area (Å²) >= 11 is 0. The lowest BCUT2D eigenvalue weighted by molar-refractivity contribution is 0.284. The number of ether oxygens (including phenoxy) is 1. The van der Waals surface area contributed by atoms with Gasteiger partial charge in [-0.05, 0) is 23.8 Å². The van der Waals surface area contributed by atoms with Gasteiger partial charge in [0.15, 0.2) is 11.5 Å². The Morgan fingerprint density at radius 1 is 1.14 bits per heavy atom. The molecule has 1 aliphatic carbocycles. The highest BCUT2D eigenvalue weighted by Crippen LogP contribution is 2.31. The van der Waals surface area contributed by atoms with E-state index in [4.69, 9.17) is 4.74 Å². The van der Waals surface area contributed by atoms with E-state index in [2.05, 4.69) is 20.3 Å². The second-order valence-corrected chi connectivity index (χ2v) is 6.44. The summed E-state index contributed by atoms with van der Waals surface area (Å²) in [5, 5.41) is 12.9. The van der Waals surface area contributed by atoms with Gasteiger partial charge in [0.05, 0.1) is 17.6 Å². The number of benzene rings is 1. The molecule has 7 nitrogen and oxygen atoms in total. The summed E-state index contributed by atoms with van der Waals surface area (Å²) in [4.78, 5) is 4.27. The largest absolute Gasteiger partial charge is 0.470 e. The molecule has 1 aromatic carbocycles. The van der Waals surface area contributed by atoms with E-state index in [9.17, 15) is 4.39 Å². The molecule has 0 N–H and O–H groups in total. The van der Waals surface area contributed by atoms with E-state index >= 15 is 0 Å². The van der Waals surface area contributed by atoms with Crippen LogP contribution in [0.5, 0.6) is 5.88 Å². The number of aryl methyl sites for hydroxylation is 1. The van der Waals surface area contributed by atoms with Gasteiger partial charge in [0, 0.05) is 18.8 Å². The molecule has 0 atom stereocenters. The molecule has 0 fully saturated rings. The Morgan fingerprint density at radius 3 is 2.71 bits per heavy atom. The molecule has 138 valence electrons. The Balaban J connectivity index is 1.59. The smallest absolute Gasteiger partial charge is 0.240 e. The zero-order chi connectivity index (χ0) is 19.1. The predicted molar refractivity (Wildman–Crippen MR) is 101 cm³/mol. The molecule has 0 saturated heterocycles. The summed E-state index contributed by atoms with van der Waals surface area (Å²) in [5.74, 6) is 0.342. The first kappa shape index (κ1) is 16.4. The summed E-state index contributed by atoms with van der Waals surface area (Å²) in [5.41, 5.74) is 3.42. The highest BCUT2D eigenvalue weighted by atomic mass is 19.1. The fourth-order valence-corrected chi connectivity index (χ4v) is 3.00. The van der Waals surface area contributed by atoms with Crippen molar-refractivity contribution >= 4 is 11.2 Å². The Kier molecular flexibility index (Phi) is 3.75. The zero-order valence-electron chi connectivity index (χ0n) is 15.0. The van der Waals surface area contributed by atoms with E-state index in [1.54, 1.807) is 24.5 Å². The molecule has 3 heterocycles. The molecule has 28 heavy (non-hydrogen) atoms. The molecule has 5 rings (SSSR count). The topological polar surface area (TPSA) is 70.1 Å². The summed E-state index contributed by atoms with van der Waals surface area (Å²) in [6, 6.07) is 8.24. The quantitative estimate of drug-likeness (QED) is 0.537. The van der Waals surface area contributed by atoms with Gasteiger partial charge in [0.1, 0.15) is 12.4 Å². The van der Waals surface area contributed by atoms with Gasteiger partial charge in [0.2, 0.25) is 5.88 Å². The number of halogens is 1. The number of fused-ring (bicyclic) bond motifs is 1. The fourth-order valence-electron chi connectivity index (χ4n) is 3.00. The minimum Gasteiger partial charge on any atom is -0.470 e. The second-order valence-electron chi connectivity index (χ2n) is 6.44. The van der Waals surface area contributed by atoms with Crippen molar-refractivity contribution in [2.24, 2.45) is 7.05 Å². The van der Waals surface area contributed by atoms with Crippen LogP contribution in [0.25, 0.3) is 22.6 Å². The van der Waals surface area contributed by atoms with Crippen LogP contribution in [0.2, 0.25) is 0 Å². The molecule has 1 aliphatic rings. The lowest BCUT2D eigenvalue weighted by Crippen LogP contribution is -2.06. The lowest BCUT2D eigenvalue weighted by atomic mass is 10.0. The molecule has 0 amide bonds. The van der Waals surface area contributed by atoms with Crippen molar-refractivity contribution in [3.8, 4) is 17.3 Å². The van der Waals surface area contributed by atoms with Crippen molar-refractivity contribution in [2.75, 3.05) is 0 Å². The molecule has 0 radical (unpaired) electrons. The normalized spacial score (nSPS) is 12.9. The van der Waals surface area contributed by atoms with Gasteiger partial charge in [-0.1, -0.05) is 30.4 Å². The van der Waals surface area contributed by atoms with Crippen LogP contribution in [0.15, 0.2) is 61.1 Å². The van der Waals surface area contributed by atoms with Crippen LogP contribution >= 0.6 is 0 Å². The Hall–Kier alpha value is -3.81. The van der Waals surface area contributed by atoms with Crippen LogP contribution in [0, 0.1) is 5.82 Å². The van der Waals surface area contributed by atoms with Crippen molar-refractivity contribution in [3.05, 3.63) is 78.2 Å². The van der Waals surface area contributed by atoms with Crippen molar-refractivity contribution in [2.45, 2.75) is 6.61 Å². The molecule has 3 aromatic heterocycles. The van der Waals surface area contributed by atoms with E-state index in [1.165, 1.54) is 10.6 Å². The van der Waals surface area contributed by atoms with Crippen molar-refractivity contribution < 1.29 is 9.13 Å². The van der Waals surface area contributed by atoms with Crippen LogP contribution in [0.3, 0.4) is 0 Å². The lowest BCUT2D eigenvalue weighted by Gasteiger charge is -2.13. The third-order valence-corrected chi connectivity index (χ3v) is 4.45. The van der Waals surface area contributed by atoms with Gasteiger partial charge >= 0.3 is 0 Å². The van der Waals surface area contributed by atoms with Crippen molar-refractivity contribution in [3.63, 3.8) is 0 Å². The van der Waals surface area contributed by atoms with Gasteiger partial charge in [-0.2, -0.15) is 4.52 Å². The maximum atomic E-state index is 14.3. The van der Waals surface area contributed by atoms with Crippen molar-refractivity contribution in [1.29, 1.82) is 0 Å². The molecular formula is C20H15FN6O. The van der Waals surface area contributed by atoms with Crippen LogP contribution in [0.4, 0.5) is 4.39 Å². The summed E-state index contributed by atoms with van der Waals surface area (Å²) < 4.78 is 23.6. The summed E-state index contributed by atoms with van der Waals surface area (Å²) in [6.07, 6.45) is 9.47. The number of hydrogen-bond donors (Lipinski definition) is 0. The van der Waals surface area contributed by atoms with Gasteiger partial charge in [0.25, 0.3) is 0 Å². The summed E-state index contributed by atoms with van der Waals surface area (Å²) in [6.45, 7) is 0.264. The Morgan fingerprint density at radius 2 is 2.00 bits per heavy atom. The van der Waals surface area contributed by atoms with Gasteiger partial charge < -0.3 is 9.30 Å². The Labute approximate surface area is 159 Å². The predicted octanol–water partition coefficient (Wildman–Crippen LogP) is 3.20. The number of hydrogen-bond acceptors (Lipinski definition) is 5. The molecule has 0 bridgehead atoms. The number of allylic oxidation sites excluding steroid dienone is 4. The van der Waals surface area contributed by atoms with Crippen LogP contribution in [0.1, 0.15) is 11.3 Å². The van der Waals surface area contributed by atoms with Gasteiger partial charge in [-0.25, -0.2) is 9.37 Å². The van der Waals surface area contributed by atoms with Crippen molar-refractivity contribution in [1.82, 2.24) is 29.4 Å². The zero-order valence-corrected chi connectivity index (χ0v) is 15.0. The molecule has 0 aliphatic heterocycles. The van der Waals surface area contributed by atoms with Gasteiger partial charge in [-0.15, -0.1) is 15.3 Å². The highest BCUT2D eigenvalue weighted by molar-refractivity contribution is 5.84. The first-order valence-electron chi connectivity index (χ1n) is 8.69. The first-order chi connectivity index (χ1) is 13.7. The number of nitrogens with zero attached hydrogens (tertiary/aromatic N) is 6. The second kappa shape index (κ2) is 6.41. The molecular weight excluding hydrogens is 359 g/mol. The maximum Gasteiger partial charge on any atom is 0.240 e. The highest BCUT2D eigenvalue weighted by Gasteiger charge is 2.19. The Bertz CT molecular complexity index is 1250. The minimum absolute atomic E-state index is 0.264. The van der Waals surface area contributed by atoms with Gasteiger partial charge in [-0.3, -0.25) is 0 Å². The molecule has 0 saturated carbocycles.